The van der Waals surface area contributed by atoms with Crippen LogP contribution in [-0.4, -0.2) is 52.9 Å². The van der Waals surface area contributed by atoms with Crippen molar-refractivity contribution in [2.45, 2.75) is 25.3 Å². The third-order valence-corrected chi connectivity index (χ3v) is 6.22. The molecule has 7 heteroatoms. The van der Waals surface area contributed by atoms with Crippen LogP contribution in [0.1, 0.15) is 34.7 Å². The summed E-state index contributed by atoms with van der Waals surface area (Å²) >= 11 is 0. The lowest BCUT2D eigenvalue weighted by Crippen LogP contribution is -2.32. The van der Waals surface area contributed by atoms with Crippen molar-refractivity contribution >= 4 is 22.9 Å². The fourth-order valence-electron chi connectivity index (χ4n) is 4.62. The van der Waals surface area contributed by atoms with E-state index in [2.05, 4.69) is 34.3 Å². The Kier molecular flexibility index (Phi) is 6.90. The summed E-state index contributed by atoms with van der Waals surface area (Å²) in [5, 5.41) is 19.5. The number of carbonyl (C=O) groups is 1. The van der Waals surface area contributed by atoms with Crippen LogP contribution < -0.4 is 10.2 Å². The van der Waals surface area contributed by atoms with Gasteiger partial charge in [0.15, 0.2) is 0 Å². The Morgan fingerprint density at radius 1 is 1.28 bits per heavy atom. The van der Waals surface area contributed by atoms with Crippen LogP contribution in [0.4, 0.5) is 0 Å². The summed E-state index contributed by atoms with van der Waals surface area (Å²) < 4.78 is 5.31. The number of nitrogens with one attached hydrogen (secondary N) is 2. The van der Waals surface area contributed by atoms with Gasteiger partial charge in [0.25, 0.3) is 5.91 Å². The van der Waals surface area contributed by atoms with Gasteiger partial charge in [-0.2, -0.15) is 0 Å². The highest BCUT2D eigenvalue weighted by molar-refractivity contribution is 5.90. The number of methoxy groups -OCH3 is 1. The number of ether oxygens (including phenoxy) is 1. The minimum absolute atomic E-state index is 0.119. The fraction of sp³-hybridized carbons (Fsp3) is 0.320. The molecule has 1 atom stereocenters. The van der Waals surface area contributed by atoms with E-state index in [1.165, 1.54) is 28.2 Å². The van der Waals surface area contributed by atoms with Crippen LogP contribution in [-0.2, 0) is 17.6 Å². The van der Waals surface area contributed by atoms with Gasteiger partial charge in [-0.1, -0.05) is 18.2 Å². The van der Waals surface area contributed by atoms with Gasteiger partial charge < -0.3 is 14.8 Å². The summed E-state index contributed by atoms with van der Waals surface area (Å²) in [5.74, 6) is 0.287. The lowest BCUT2D eigenvalue weighted by atomic mass is 10.0. The number of aromatic nitrogens is 1. The molecular formula is C25H29N3O4. The summed E-state index contributed by atoms with van der Waals surface area (Å²) in [6, 6.07) is 12.5. The average Bonchev–Trinajstić information content (AvgIpc) is 3.43. The van der Waals surface area contributed by atoms with Crippen LogP contribution in [0.2, 0.25) is 0 Å². The van der Waals surface area contributed by atoms with E-state index in [0.717, 1.165) is 42.6 Å². The molecule has 0 unspecified atom stereocenters. The number of hydroxylamine groups is 1. The van der Waals surface area contributed by atoms with Gasteiger partial charge in [-0.05, 0) is 59.7 Å². The third kappa shape index (κ3) is 4.70. The molecule has 1 aliphatic carbocycles. The highest BCUT2D eigenvalue weighted by Crippen LogP contribution is 2.36. The monoisotopic (exact) mass is 435 g/mol. The number of hydrogen-bond acceptors (Lipinski definition) is 5. The van der Waals surface area contributed by atoms with Crippen molar-refractivity contribution in [3.05, 3.63) is 70.9 Å². The van der Waals surface area contributed by atoms with E-state index in [9.17, 15) is 9.90 Å². The summed E-state index contributed by atoms with van der Waals surface area (Å²) in [5.41, 5.74) is 7.40. The maximum Gasteiger partial charge on any atom is 0.267 e. The molecule has 1 aliphatic rings. The Morgan fingerprint density at radius 2 is 2.16 bits per heavy atom. The van der Waals surface area contributed by atoms with E-state index in [1.807, 2.05) is 18.2 Å². The van der Waals surface area contributed by atoms with Crippen LogP contribution in [0.5, 0.6) is 5.75 Å². The molecule has 0 saturated carbocycles. The number of aryl methyl sites for hydroxylation is 1. The Labute approximate surface area is 187 Å². The van der Waals surface area contributed by atoms with Crippen molar-refractivity contribution < 1.29 is 19.8 Å². The summed E-state index contributed by atoms with van der Waals surface area (Å²) in [7, 11) is 1.67. The third-order valence-electron chi connectivity index (χ3n) is 6.22. The summed E-state index contributed by atoms with van der Waals surface area (Å²) in [4.78, 5) is 16.9. The normalized spacial score (nSPS) is 15.6. The summed E-state index contributed by atoms with van der Waals surface area (Å²) in [6.45, 7) is 1.59. The molecule has 32 heavy (non-hydrogen) atoms. The van der Waals surface area contributed by atoms with Crippen LogP contribution in [0, 0.1) is 0 Å². The first-order valence-electron chi connectivity index (χ1n) is 10.9. The van der Waals surface area contributed by atoms with Crippen molar-refractivity contribution in [2.24, 2.45) is 0 Å². The second kappa shape index (κ2) is 9.99. The van der Waals surface area contributed by atoms with Gasteiger partial charge in [0.2, 0.25) is 0 Å². The molecule has 0 spiro atoms. The molecule has 2 aromatic carbocycles. The molecule has 0 fully saturated rings. The Balaban J connectivity index is 1.48. The highest BCUT2D eigenvalue weighted by Gasteiger charge is 2.27. The molecule has 1 amide bonds. The highest BCUT2D eigenvalue weighted by atomic mass is 16.5. The van der Waals surface area contributed by atoms with Crippen molar-refractivity contribution in [3.8, 4) is 5.75 Å². The lowest BCUT2D eigenvalue weighted by molar-refractivity contribution is -0.124. The van der Waals surface area contributed by atoms with Crippen molar-refractivity contribution in [1.29, 1.82) is 0 Å². The first-order valence-corrected chi connectivity index (χ1v) is 10.9. The lowest BCUT2D eigenvalue weighted by Gasteiger charge is -2.29. The molecule has 0 bridgehead atoms. The van der Waals surface area contributed by atoms with E-state index in [-0.39, 0.29) is 12.6 Å². The van der Waals surface area contributed by atoms with Crippen LogP contribution in [0.3, 0.4) is 0 Å². The van der Waals surface area contributed by atoms with Gasteiger partial charge in [0, 0.05) is 48.4 Å². The smallest absolute Gasteiger partial charge is 0.267 e. The quantitative estimate of drug-likeness (QED) is 0.235. The number of H-pyrrole nitrogens is 1. The van der Waals surface area contributed by atoms with Crippen LogP contribution in [0.25, 0.3) is 17.0 Å². The Bertz CT molecular complexity index is 1120. The van der Waals surface area contributed by atoms with E-state index >= 15 is 0 Å². The number of fused-ring (bicyclic) bond motifs is 2. The van der Waals surface area contributed by atoms with E-state index in [4.69, 9.17) is 9.94 Å². The maximum atomic E-state index is 11.2. The van der Waals surface area contributed by atoms with Gasteiger partial charge in [-0.3, -0.25) is 14.9 Å². The average molecular weight is 436 g/mol. The fourth-order valence-corrected chi connectivity index (χ4v) is 4.62. The zero-order valence-corrected chi connectivity index (χ0v) is 18.2. The molecule has 4 rings (SSSR count). The van der Waals surface area contributed by atoms with Crippen LogP contribution in [0.15, 0.2) is 48.7 Å². The Hall–Kier alpha value is -3.13. The summed E-state index contributed by atoms with van der Waals surface area (Å²) in [6.07, 6.45) is 7.91. The molecule has 3 aromatic rings. The SMILES string of the molecule is COc1ccc2c(CCN(CCO)[C@H]3CCc4cc(C=CC(=O)NO)ccc43)c[nH]c2c1. The Morgan fingerprint density at radius 3 is 2.94 bits per heavy atom. The first-order chi connectivity index (χ1) is 15.6. The van der Waals surface area contributed by atoms with Gasteiger partial charge >= 0.3 is 0 Å². The number of hydrogen-bond donors (Lipinski definition) is 4. The molecular weight excluding hydrogens is 406 g/mol. The zero-order valence-electron chi connectivity index (χ0n) is 18.2. The van der Waals surface area contributed by atoms with E-state index in [0.29, 0.717) is 6.54 Å². The van der Waals surface area contributed by atoms with Crippen LogP contribution >= 0.6 is 0 Å². The number of benzene rings is 2. The largest absolute Gasteiger partial charge is 0.497 e. The second-order valence-corrected chi connectivity index (χ2v) is 8.06. The minimum Gasteiger partial charge on any atom is -0.497 e. The molecule has 1 aromatic heterocycles. The molecule has 0 aliphatic heterocycles. The number of aliphatic hydroxyl groups is 1. The standard InChI is InChI=1S/C25H29N3O4/c1-32-20-5-7-21-19(16-26-23(21)15-20)10-11-28(12-13-29)24-8-4-18-14-17(2-6-22(18)24)3-9-25(30)27-31/h2-3,5-7,9,14-16,24,26,29,31H,4,8,10-13H2,1H3,(H,27,30)/t24-/m0/s1. The van der Waals surface area contributed by atoms with Gasteiger partial charge in [-0.25, -0.2) is 5.48 Å². The zero-order chi connectivity index (χ0) is 22.5. The molecule has 7 nitrogen and oxygen atoms in total. The second-order valence-electron chi connectivity index (χ2n) is 8.06. The number of carbonyl (C=O) groups excluding carboxylic acids is 1. The van der Waals surface area contributed by atoms with E-state index < -0.39 is 5.91 Å². The first kappa shape index (κ1) is 22.1. The van der Waals surface area contributed by atoms with Crippen molar-refractivity contribution in [2.75, 3.05) is 26.8 Å². The number of rotatable bonds is 9. The molecule has 0 radical (unpaired) electrons. The predicted octanol–water partition coefficient (Wildman–Crippen LogP) is 3.22. The predicted molar refractivity (Wildman–Crippen MR) is 124 cm³/mol. The number of aliphatic hydroxyl groups excluding tert-OH is 1. The van der Waals surface area contributed by atoms with Crippen molar-refractivity contribution in [3.63, 3.8) is 0 Å². The number of nitrogens with zero attached hydrogens (tertiary/aromatic N) is 1. The van der Waals surface area contributed by atoms with Gasteiger partial charge in [0.05, 0.1) is 13.7 Å². The van der Waals surface area contributed by atoms with E-state index in [1.54, 1.807) is 18.7 Å². The maximum absolute atomic E-state index is 11.2. The van der Waals surface area contributed by atoms with Crippen molar-refractivity contribution in [1.82, 2.24) is 15.4 Å². The van der Waals surface area contributed by atoms with Gasteiger partial charge in [-0.15, -0.1) is 0 Å². The molecule has 4 N–H and O–H groups in total. The molecule has 0 saturated heterocycles. The minimum atomic E-state index is -0.548. The molecule has 168 valence electrons. The number of amides is 1. The topological polar surface area (TPSA) is 97.8 Å². The molecule has 1 heterocycles. The van der Waals surface area contributed by atoms with Gasteiger partial charge in [0.1, 0.15) is 5.75 Å². The number of aromatic amines is 1.